The molecule has 0 saturated heterocycles. The van der Waals surface area contributed by atoms with Crippen molar-refractivity contribution in [1.29, 1.82) is 0 Å². The van der Waals surface area contributed by atoms with Crippen molar-refractivity contribution in [3.8, 4) is 0 Å². The second-order valence-electron chi connectivity index (χ2n) is 2.16. The zero-order valence-electron chi connectivity index (χ0n) is 6.29. The summed E-state index contributed by atoms with van der Waals surface area (Å²) in [6.07, 6.45) is 0.545. The van der Waals surface area contributed by atoms with E-state index in [1.807, 2.05) is 0 Å². The van der Waals surface area contributed by atoms with Crippen LogP contribution < -0.4 is 11.1 Å². The summed E-state index contributed by atoms with van der Waals surface area (Å²) in [6.45, 7) is 0.606. The Kier molecular flexibility index (Phi) is 5.73. The fraction of sp³-hybridized carbons (Fsp3) is 0.833. The molecular formula is C6H14N2O3. The highest BCUT2D eigenvalue weighted by atomic mass is 16.4. The third kappa shape index (κ3) is 4.72. The Hall–Kier alpha value is -0.650. The Morgan fingerprint density at radius 1 is 1.64 bits per heavy atom. The molecule has 0 bridgehead atoms. The van der Waals surface area contributed by atoms with E-state index in [1.165, 1.54) is 0 Å². The van der Waals surface area contributed by atoms with Crippen LogP contribution in [0.4, 0.5) is 0 Å². The van der Waals surface area contributed by atoms with Crippen molar-refractivity contribution in [2.45, 2.75) is 12.5 Å². The molecule has 1 unspecified atom stereocenters. The van der Waals surface area contributed by atoms with E-state index < -0.39 is 12.0 Å². The van der Waals surface area contributed by atoms with Crippen LogP contribution in [0.3, 0.4) is 0 Å². The van der Waals surface area contributed by atoms with E-state index in [-0.39, 0.29) is 13.2 Å². The highest BCUT2D eigenvalue weighted by Gasteiger charge is 2.12. The molecule has 1 atom stereocenters. The summed E-state index contributed by atoms with van der Waals surface area (Å²) in [4.78, 5) is 10.3. The van der Waals surface area contributed by atoms with E-state index in [0.717, 1.165) is 0 Å². The molecule has 0 aromatic heterocycles. The first-order valence-corrected chi connectivity index (χ1v) is 3.49. The molecule has 0 aliphatic carbocycles. The summed E-state index contributed by atoms with van der Waals surface area (Å²) in [7, 11) is 0. The minimum atomic E-state index is -0.953. The molecule has 5 N–H and O–H groups in total. The third-order valence-electron chi connectivity index (χ3n) is 1.26. The Morgan fingerprint density at radius 3 is 2.64 bits per heavy atom. The first-order chi connectivity index (χ1) is 5.22. The van der Waals surface area contributed by atoms with Gasteiger partial charge in [0.25, 0.3) is 0 Å². The minimum Gasteiger partial charge on any atom is -0.480 e. The maximum absolute atomic E-state index is 10.3. The van der Waals surface area contributed by atoms with Crippen molar-refractivity contribution in [2.24, 2.45) is 5.73 Å². The van der Waals surface area contributed by atoms with Crippen molar-refractivity contribution in [3.63, 3.8) is 0 Å². The van der Waals surface area contributed by atoms with E-state index in [1.54, 1.807) is 0 Å². The molecule has 0 aliphatic rings. The van der Waals surface area contributed by atoms with E-state index >= 15 is 0 Å². The quantitative estimate of drug-likeness (QED) is 0.352. The lowest BCUT2D eigenvalue weighted by molar-refractivity contribution is -0.139. The lowest BCUT2D eigenvalue weighted by Crippen LogP contribution is -2.43. The topological polar surface area (TPSA) is 95.6 Å². The second kappa shape index (κ2) is 6.09. The molecule has 66 valence electrons. The van der Waals surface area contributed by atoms with Crippen LogP contribution in [0, 0.1) is 0 Å². The largest absolute Gasteiger partial charge is 0.480 e. The number of carboxylic acids is 1. The number of nitrogens with two attached hydrogens (primary N) is 1. The Labute approximate surface area is 65.2 Å². The number of rotatable bonds is 6. The summed E-state index contributed by atoms with van der Waals surface area (Å²) in [5.41, 5.74) is 5.15. The molecule has 5 heteroatoms. The van der Waals surface area contributed by atoms with Crippen LogP contribution in [-0.4, -0.2) is 41.9 Å². The van der Waals surface area contributed by atoms with Gasteiger partial charge in [-0.25, -0.2) is 0 Å². The SMILES string of the molecule is NCC(NCCCO)C(=O)O. The molecule has 0 heterocycles. The van der Waals surface area contributed by atoms with Gasteiger partial charge in [0.15, 0.2) is 0 Å². The van der Waals surface area contributed by atoms with Gasteiger partial charge in [-0.1, -0.05) is 0 Å². The Balaban J connectivity index is 3.44. The van der Waals surface area contributed by atoms with E-state index in [0.29, 0.717) is 13.0 Å². The van der Waals surface area contributed by atoms with Crippen LogP contribution in [0.1, 0.15) is 6.42 Å². The van der Waals surface area contributed by atoms with Crippen LogP contribution >= 0.6 is 0 Å². The van der Waals surface area contributed by atoms with Gasteiger partial charge >= 0.3 is 5.97 Å². The van der Waals surface area contributed by atoms with E-state index in [2.05, 4.69) is 5.32 Å². The van der Waals surface area contributed by atoms with Gasteiger partial charge in [-0.05, 0) is 13.0 Å². The van der Waals surface area contributed by atoms with Gasteiger partial charge in [-0.15, -0.1) is 0 Å². The molecule has 0 aliphatic heterocycles. The maximum Gasteiger partial charge on any atom is 0.322 e. The zero-order chi connectivity index (χ0) is 8.69. The molecule has 0 rings (SSSR count). The fourth-order valence-corrected chi connectivity index (χ4v) is 0.627. The molecule has 11 heavy (non-hydrogen) atoms. The van der Waals surface area contributed by atoms with Gasteiger partial charge in [0.1, 0.15) is 6.04 Å². The van der Waals surface area contributed by atoms with Crippen LogP contribution in [-0.2, 0) is 4.79 Å². The number of nitrogens with one attached hydrogen (secondary N) is 1. The van der Waals surface area contributed by atoms with Crippen molar-refractivity contribution in [2.75, 3.05) is 19.7 Å². The van der Waals surface area contributed by atoms with Crippen molar-refractivity contribution in [3.05, 3.63) is 0 Å². The number of hydrogen-bond acceptors (Lipinski definition) is 4. The molecular weight excluding hydrogens is 148 g/mol. The van der Waals surface area contributed by atoms with Crippen molar-refractivity contribution in [1.82, 2.24) is 5.32 Å². The number of aliphatic carboxylic acids is 1. The lowest BCUT2D eigenvalue weighted by Gasteiger charge is -2.10. The fourth-order valence-electron chi connectivity index (χ4n) is 0.627. The first kappa shape index (κ1) is 10.3. The third-order valence-corrected chi connectivity index (χ3v) is 1.26. The van der Waals surface area contributed by atoms with Crippen LogP contribution in [0.5, 0.6) is 0 Å². The second-order valence-corrected chi connectivity index (χ2v) is 2.16. The summed E-state index contributed by atoms with van der Waals surface area (Å²) >= 11 is 0. The molecule has 0 fully saturated rings. The first-order valence-electron chi connectivity index (χ1n) is 3.49. The Bertz CT molecular complexity index is 118. The standard InChI is InChI=1S/C6H14N2O3/c7-4-5(6(10)11)8-2-1-3-9/h5,8-9H,1-4,7H2,(H,10,11). The van der Waals surface area contributed by atoms with Gasteiger partial charge in [-0.3, -0.25) is 4.79 Å². The van der Waals surface area contributed by atoms with Crippen LogP contribution in [0.15, 0.2) is 0 Å². The zero-order valence-corrected chi connectivity index (χ0v) is 6.29. The van der Waals surface area contributed by atoms with Gasteiger partial charge in [-0.2, -0.15) is 0 Å². The van der Waals surface area contributed by atoms with Crippen molar-refractivity contribution >= 4 is 5.97 Å². The Morgan fingerprint density at radius 2 is 2.27 bits per heavy atom. The van der Waals surface area contributed by atoms with E-state index in [9.17, 15) is 4.79 Å². The monoisotopic (exact) mass is 162 g/mol. The van der Waals surface area contributed by atoms with Crippen molar-refractivity contribution < 1.29 is 15.0 Å². The number of carbonyl (C=O) groups is 1. The number of aliphatic hydroxyl groups is 1. The highest BCUT2D eigenvalue weighted by molar-refractivity contribution is 5.73. The molecule has 0 spiro atoms. The normalized spacial score (nSPS) is 12.9. The predicted octanol–water partition coefficient (Wildman–Crippen LogP) is -1.63. The number of aliphatic hydroxyl groups excluding tert-OH is 1. The average molecular weight is 162 g/mol. The van der Waals surface area contributed by atoms with Crippen LogP contribution in [0.2, 0.25) is 0 Å². The van der Waals surface area contributed by atoms with Gasteiger partial charge in [0.2, 0.25) is 0 Å². The van der Waals surface area contributed by atoms with E-state index in [4.69, 9.17) is 15.9 Å². The maximum atomic E-state index is 10.3. The van der Waals surface area contributed by atoms with Gasteiger partial charge in [0, 0.05) is 13.2 Å². The summed E-state index contributed by atoms with van der Waals surface area (Å²) < 4.78 is 0. The molecule has 5 nitrogen and oxygen atoms in total. The van der Waals surface area contributed by atoms with Crippen LogP contribution in [0.25, 0.3) is 0 Å². The predicted molar refractivity (Wildman–Crippen MR) is 40.2 cm³/mol. The molecule has 0 aromatic rings. The average Bonchev–Trinajstić information content (AvgIpc) is 1.97. The molecule has 0 saturated carbocycles. The molecule has 0 radical (unpaired) electrons. The smallest absolute Gasteiger partial charge is 0.322 e. The van der Waals surface area contributed by atoms with Gasteiger partial charge in [0.05, 0.1) is 0 Å². The molecule has 0 amide bonds. The lowest BCUT2D eigenvalue weighted by atomic mass is 10.3. The number of hydrogen-bond donors (Lipinski definition) is 4. The highest BCUT2D eigenvalue weighted by Crippen LogP contribution is 1.81. The summed E-state index contributed by atoms with van der Waals surface area (Å²) in [5.74, 6) is -0.953. The molecule has 0 aromatic carbocycles. The minimum absolute atomic E-state index is 0.0594. The summed E-state index contributed by atoms with van der Waals surface area (Å²) in [5, 5.41) is 19.5. The number of carboxylic acid groups (broad SMARTS) is 1. The van der Waals surface area contributed by atoms with Gasteiger partial charge < -0.3 is 21.3 Å². The summed E-state index contributed by atoms with van der Waals surface area (Å²) in [6, 6.07) is -0.693.